The summed E-state index contributed by atoms with van der Waals surface area (Å²) in [6.07, 6.45) is 0. The molecule has 0 heterocycles. The fraction of sp³-hybridized carbons (Fsp3) is 0.600. The zero-order valence-corrected chi connectivity index (χ0v) is 13.1. The van der Waals surface area contributed by atoms with Crippen LogP contribution < -0.4 is 12.3 Å². The Morgan fingerprint density at radius 1 is 0.545 bits per heavy atom. The molecular formula is C10H28N2O10. The maximum atomic E-state index is 9.00. The van der Waals surface area contributed by atoms with Crippen LogP contribution in [0.5, 0.6) is 0 Å². The van der Waals surface area contributed by atoms with Crippen LogP contribution in [0.1, 0.15) is 27.7 Å². The molecule has 22 heavy (non-hydrogen) atoms. The first-order valence-electron chi connectivity index (χ1n) is 4.84. The van der Waals surface area contributed by atoms with Gasteiger partial charge in [0.2, 0.25) is 0 Å². The molecule has 0 radical (unpaired) electrons. The van der Waals surface area contributed by atoms with Crippen molar-refractivity contribution < 1.29 is 49.8 Å². The molecular weight excluding hydrogens is 308 g/mol. The second-order valence-electron chi connectivity index (χ2n) is 2.52. The highest BCUT2D eigenvalue weighted by Crippen LogP contribution is 1.43. The van der Waals surface area contributed by atoms with Crippen molar-refractivity contribution in [2.75, 3.05) is 13.2 Å². The SMILES string of the molecule is CC(=O)O.CC(=O)O.CC(=O)O.CC(=O)O.N.N.OCCO. The third-order valence-electron chi connectivity index (χ3n) is 0.1000. The summed E-state index contributed by atoms with van der Waals surface area (Å²) in [7, 11) is 0. The molecule has 0 aliphatic heterocycles. The summed E-state index contributed by atoms with van der Waals surface area (Å²) in [4.78, 5) is 36.0. The number of carboxylic acids is 4. The van der Waals surface area contributed by atoms with Gasteiger partial charge in [0.25, 0.3) is 23.9 Å². The van der Waals surface area contributed by atoms with Crippen LogP contribution >= 0.6 is 0 Å². The topological polar surface area (TPSA) is 260 Å². The average Bonchev–Trinajstić information content (AvgIpc) is 2.13. The van der Waals surface area contributed by atoms with Crippen molar-refractivity contribution in [3.63, 3.8) is 0 Å². The van der Waals surface area contributed by atoms with Gasteiger partial charge < -0.3 is 42.9 Å². The highest BCUT2D eigenvalue weighted by atomic mass is 16.4. The largest absolute Gasteiger partial charge is 0.481 e. The van der Waals surface area contributed by atoms with Gasteiger partial charge in [-0.1, -0.05) is 0 Å². The van der Waals surface area contributed by atoms with Crippen molar-refractivity contribution in [2.45, 2.75) is 27.7 Å². The van der Waals surface area contributed by atoms with Crippen molar-refractivity contribution in [3.05, 3.63) is 0 Å². The van der Waals surface area contributed by atoms with Crippen molar-refractivity contribution in [1.29, 1.82) is 0 Å². The quantitative estimate of drug-likeness (QED) is 0.305. The fourth-order valence-corrected chi connectivity index (χ4v) is 0. The lowest BCUT2D eigenvalue weighted by Crippen LogP contribution is -1.85. The Kier molecular flexibility index (Phi) is 83.1. The second kappa shape index (κ2) is 42.8. The monoisotopic (exact) mass is 336 g/mol. The van der Waals surface area contributed by atoms with Crippen molar-refractivity contribution in [1.82, 2.24) is 12.3 Å². The molecule has 138 valence electrons. The highest BCUT2D eigenvalue weighted by Gasteiger charge is 1.66. The lowest BCUT2D eigenvalue weighted by molar-refractivity contribution is -0.135. The van der Waals surface area contributed by atoms with Crippen LogP contribution in [0.4, 0.5) is 0 Å². The molecule has 0 bridgehead atoms. The van der Waals surface area contributed by atoms with Crippen molar-refractivity contribution >= 4 is 23.9 Å². The zero-order chi connectivity index (χ0) is 17.7. The Labute approximate surface area is 128 Å². The number of aliphatic hydroxyl groups is 2. The maximum absolute atomic E-state index is 9.00. The van der Waals surface area contributed by atoms with E-state index < -0.39 is 23.9 Å². The van der Waals surface area contributed by atoms with Crippen LogP contribution in [-0.4, -0.2) is 67.7 Å². The van der Waals surface area contributed by atoms with Crippen molar-refractivity contribution in [3.8, 4) is 0 Å². The minimum Gasteiger partial charge on any atom is -0.481 e. The lowest BCUT2D eigenvalue weighted by atomic mass is 10.8. The fourth-order valence-electron chi connectivity index (χ4n) is 0. The predicted octanol–water partition coefficient (Wildman–Crippen LogP) is -0.341. The van der Waals surface area contributed by atoms with Crippen LogP contribution in [0.3, 0.4) is 0 Å². The molecule has 12 N–H and O–H groups in total. The van der Waals surface area contributed by atoms with E-state index in [2.05, 4.69) is 0 Å². The molecule has 0 atom stereocenters. The third kappa shape index (κ3) is 3020. The molecule has 0 spiro atoms. The highest BCUT2D eigenvalue weighted by molar-refractivity contribution is 5.63. The van der Waals surface area contributed by atoms with E-state index in [0.717, 1.165) is 27.7 Å². The standard InChI is InChI=1S/4C2H4O2.C2H6O2.2H3N/c4*1-2(3)4;3-1-2-4;;/h4*1H3,(H,3,4);3-4H,1-2H2;2*1H3. The molecule has 0 aromatic heterocycles. The normalized spacial score (nSPS) is 5.91. The lowest BCUT2D eigenvalue weighted by Gasteiger charge is -1.70. The first-order valence-corrected chi connectivity index (χ1v) is 4.84. The van der Waals surface area contributed by atoms with E-state index in [4.69, 9.17) is 49.8 Å². The van der Waals surface area contributed by atoms with Gasteiger partial charge in [0, 0.05) is 27.7 Å². The van der Waals surface area contributed by atoms with E-state index >= 15 is 0 Å². The Hall–Kier alpha value is -2.28. The molecule has 12 heteroatoms. The number of hydrogen-bond acceptors (Lipinski definition) is 8. The van der Waals surface area contributed by atoms with E-state index in [1.54, 1.807) is 0 Å². The molecule has 12 nitrogen and oxygen atoms in total. The van der Waals surface area contributed by atoms with Gasteiger partial charge >= 0.3 is 0 Å². The third-order valence-corrected chi connectivity index (χ3v) is 0.1000. The Balaban J connectivity index is -0.0000000250. The molecule has 0 aliphatic rings. The number of carboxylic acid groups (broad SMARTS) is 4. The molecule has 0 amide bonds. The maximum Gasteiger partial charge on any atom is 0.300 e. The summed E-state index contributed by atoms with van der Waals surface area (Å²) in [6, 6.07) is 0. The molecule has 0 rings (SSSR count). The minimum absolute atomic E-state index is 0. The predicted molar refractivity (Wildman–Crippen MR) is 77.5 cm³/mol. The minimum atomic E-state index is -0.833. The van der Waals surface area contributed by atoms with Gasteiger partial charge in [0.1, 0.15) is 0 Å². The Bertz CT molecular complexity index is 192. The summed E-state index contributed by atoms with van der Waals surface area (Å²) in [6.45, 7) is 4.08. The average molecular weight is 336 g/mol. The van der Waals surface area contributed by atoms with Crippen LogP contribution in [0.25, 0.3) is 0 Å². The smallest absolute Gasteiger partial charge is 0.300 e. The van der Waals surface area contributed by atoms with Crippen LogP contribution in [0, 0.1) is 0 Å². The molecule has 0 unspecified atom stereocenters. The Morgan fingerprint density at radius 2 is 0.591 bits per heavy atom. The number of rotatable bonds is 1. The van der Waals surface area contributed by atoms with Crippen LogP contribution in [0.15, 0.2) is 0 Å². The molecule has 0 aromatic rings. The second-order valence-corrected chi connectivity index (χ2v) is 2.52. The summed E-state index contributed by atoms with van der Waals surface area (Å²) in [5.41, 5.74) is 0. The van der Waals surface area contributed by atoms with Crippen LogP contribution in [-0.2, 0) is 19.2 Å². The number of carbonyl (C=O) groups is 4. The van der Waals surface area contributed by atoms with E-state index in [0.29, 0.717) is 0 Å². The Morgan fingerprint density at radius 3 is 0.591 bits per heavy atom. The molecule has 0 saturated heterocycles. The van der Waals surface area contributed by atoms with E-state index in [9.17, 15) is 0 Å². The summed E-state index contributed by atoms with van der Waals surface area (Å²) >= 11 is 0. The first kappa shape index (κ1) is 42.7. The molecule has 0 saturated carbocycles. The van der Waals surface area contributed by atoms with E-state index in [1.807, 2.05) is 0 Å². The van der Waals surface area contributed by atoms with E-state index in [1.165, 1.54) is 0 Å². The number of hydrogen-bond donors (Lipinski definition) is 8. The first-order chi connectivity index (χ1) is 8.84. The van der Waals surface area contributed by atoms with Gasteiger partial charge in [-0.2, -0.15) is 0 Å². The van der Waals surface area contributed by atoms with Gasteiger partial charge in [0.05, 0.1) is 13.2 Å². The van der Waals surface area contributed by atoms with Gasteiger partial charge in [-0.3, -0.25) is 19.2 Å². The molecule has 0 aliphatic carbocycles. The molecule has 0 fully saturated rings. The van der Waals surface area contributed by atoms with Gasteiger partial charge in [-0.15, -0.1) is 0 Å². The summed E-state index contributed by atoms with van der Waals surface area (Å²) in [5, 5.41) is 44.9. The zero-order valence-electron chi connectivity index (χ0n) is 13.1. The summed E-state index contributed by atoms with van der Waals surface area (Å²) in [5.74, 6) is -3.33. The van der Waals surface area contributed by atoms with Gasteiger partial charge in [0.15, 0.2) is 0 Å². The van der Waals surface area contributed by atoms with E-state index in [-0.39, 0.29) is 25.5 Å². The summed E-state index contributed by atoms with van der Waals surface area (Å²) < 4.78 is 0. The number of aliphatic hydroxyl groups excluding tert-OH is 2. The van der Waals surface area contributed by atoms with Crippen molar-refractivity contribution in [2.24, 2.45) is 0 Å². The number of aliphatic carboxylic acids is 4. The molecule has 0 aromatic carbocycles. The van der Waals surface area contributed by atoms with Crippen LogP contribution in [0.2, 0.25) is 0 Å². The van der Waals surface area contributed by atoms with Gasteiger partial charge in [-0.05, 0) is 0 Å². The van der Waals surface area contributed by atoms with Gasteiger partial charge in [-0.25, -0.2) is 0 Å².